The van der Waals surface area contributed by atoms with Crippen LogP contribution < -0.4 is 5.32 Å². The molecule has 4 heterocycles. The fourth-order valence-corrected chi connectivity index (χ4v) is 7.54. The van der Waals surface area contributed by atoms with E-state index in [-0.39, 0.29) is 17.3 Å². The standard InChI is InChI=1S/C20H23N5O4S3/c1-12-16(10-15(31-12)17-22-19(29-24-17)13-4-2-5-13)32(27,28)25-8-3-6-14(11-25)18(26)23-20-21-7-9-30-20/h7,9-10,13-14H,2-6,8,11H2,1H3,(H,21,23,26)/t14-/m0/s1. The van der Waals surface area contributed by atoms with Gasteiger partial charge >= 0.3 is 0 Å². The van der Waals surface area contributed by atoms with Crippen LogP contribution in [-0.4, -0.2) is 46.8 Å². The predicted octanol–water partition coefficient (Wildman–Crippen LogP) is 3.87. The number of piperidine rings is 1. The molecule has 0 aromatic carbocycles. The molecule has 2 fully saturated rings. The second kappa shape index (κ2) is 8.65. The molecule has 0 radical (unpaired) electrons. The van der Waals surface area contributed by atoms with E-state index in [9.17, 15) is 13.2 Å². The highest BCUT2D eigenvalue weighted by molar-refractivity contribution is 7.89. The number of hydrogen-bond acceptors (Lipinski definition) is 9. The van der Waals surface area contributed by atoms with Gasteiger partial charge in [0.25, 0.3) is 0 Å². The van der Waals surface area contributed by atoms with E-state index in [0.29, 0.717) is 51.9 Å². The third-order valence-electron chi connectivity index (χ3n) is 6.02. The number of nitrogens with one attached hydrogen (secondary N) is 1. The molecular weight excluding hydrogens is 470 g/mol. The molecule has 32 heavy (non-hydrogen) atoms. The quantitative estimate of drug-likeness (QED) is 0.554. The Hall–Kier alpha value is -2.15. The van der Waals surface area contributed by atoms with Gasteiger partial charge in [0, 0.05) is 35.5 Å². The third kappa shape index (κ3) is 4.12. The molecule has 3 aromatic heterocycles. The van der Waals surface area contributed by atoms with Gasteiger partial charge in [-0.3, -0.25) is 4.79 Å². The first kappa shape index (κ1) is 21.7. The van der Waals surface area contributed by atoms with Crippen LogP contribution in [0.4, 0.5) is 5.13 Å². The van der Waals surface area contributed by atoms with Crippen LogP contribution in [0.25, 0.3) is 10.7 Å². The SMILES string of the molecule is Cc1sc(-c2noc(C3CCC3)n2)cc1S(=O)(=O)N1CCC[C@H](C(=O)Nc2nccs2)C1. The number of nitrogens with zero attached hydrogens (tertiary/aromatic N) is 4. The fraction of sp³-hybridized carbons (Fsp3) is 0.500. The van der Waals surface area contributed by atoms with Gasteiger partial charge in [-0.2, -0.15) is 9.29 Å². The largest absolute Gasteiger partial charge is 0.339 e. The van der Waals surface area contributed by atoms with Gasteiger partial charge in [-0.15, -0.1) is 22.7 Å². The van der Waals surface area contributed by atoms with Crippen molar-refractivity contribution in [3.8, 4) is 10.7 Å². The lowest BCUT2D eigenvalue weighted by Gasteiger charge is -2.31. The highest BCUT2D eigenvalue weighted by atomic mass is 32.2. The molecule has 5 rings (SSSR count). The first-order valence-electron chi connectivity index (χ1n) is 10.6. The van der Waals surface area contributed by atoms with E-state index in [4.69, 9.17) is 4.52 Å². The van der Waals surface area contributed by atoms with E-state index in [2.05, 4.69) is 20.4 Å². The maximum Gasteiger partial charge on any atom is 0.244 e. The molecule has 1 aliphatic carbocycles. The van der Waals surface area contributed by atoms with Crippen LogP contribution in [-0.2, 0) is 14.8 Å². The lowest BCUT2D eigenvalue weighted by atomic mass is 9.85. The van der Waals surface area contributed by atoms with Gasteiger partial charge in [0.2, 0.25) is 27.6 Å². The minimum Gasteiger partial charge on any atom is -0.339 e. The smallest absolute Gasteiger partial charge is 0.244 e. The summed E-state index contributed by atoms with van der Waals surface area (Å²) in [7, 11) is -3.75. The van der Waals surface area contributed by atoms with Crippen LogP contribution in [0.1, 0.15) is 48.8 Å². The van der Waals surface area contributed by atoms with Crippen molar-refractivity contribution >= 4 is 43.7 Å². The molecule has 1 N–H and O–H groups in total. The van der Waals surface area contributed by atoms with Crippen LogP contribution in [0.2, 0.25) is 0 Å². The molecule has 9 nitrogen and oxygen atoms in total. The number of sulfonamides is 1. The van der Waals surface area contributed by atoms with Crippen molar-refractivity contribution in [3.63, 3.8) is 0 Å². The highest BCUT2D eigenvalue weighted by Gasteiger charge is 2.35. The van der Waals surface area contributed by atoms with Crippen LogP contribution >= 0.6 is 22.7 Å². The van der Waals surface area contributed by atoms with Crippen molar-refractivity contribution in [2.24, 2.45) is 5.92 Å². The van der Waals surface area contributed by atoms with Crippen molar-refractivity contribution in [3.05, 3.63) is 28.4 Å². The predicted molar refractivity (Wildman–Crippen MR) is 121 cm³/mol. The van der Waals surface area contributed by atoms with Crippen molar-refractivity contribution in [1.29, 1.82) is 0 Å². The third-order valence-corrected chi connectivity index (χ3v) is 9.88. The average Bonchev–Trinajstić information content (AvgIpc) is 3.48. The Morgan fingerprint density at radius 1 is 1.28 bits per heavy atom. The second-order valence-electron chi connectivity index (χ2n) is 8.14. The van der Waals surface area contributed by atoms with Gasteiger partial charge in [-0.05, 0) is 38.7 Å². The Morgan fingerprint density at radius 3 is 2.84 bits per heavy atom. The zero-order valence-electron chi connectivity index (χ0n) is 17.5. The summed E-state index contributed by atoms with van der Waals surface area (Å²) in [6, 6.07) is 1.63. The van der Waals surface area contributed by atoms with Gasteiger partial charge in [0.05, 0.1) is 15.7 Å². The maximum atomic E-state index is 13.4. The molecule has 12 heteroatoms. The molecular formula is C20H23N5O4S3. The van der Waals surface area contributed by atoms with E-state index in [1.807, 2.05) is 0 Å². The first-order valence-corrected chi connectivity index (χ1v) is 13.7. The van der Waals surface area contributed by atoms with Crippen LogP contribution in [0.5, 0.6) is 0 Å². The number of anilines is 1. The van der Waals surface area contributed by atoms with E-state index >= 15 is 0 Å². The van der Waals surface area contributed by atoms with Gasteiger partial charge in [-0.25, -0.2) is 13.4 Å². The number of hydrogen-bond donors (Lipinski definition) is 1. The Labute approximate surface area is 193 Å². The van der Waals surface area contributed by atoms with Crippen LogP contribution in [0.3, 0.4) is 0 Å². The number of rotatable bonds is 6. The Bertz CT molecular complexity index is 1210. The molecule has 1 aliphatic heterocycles. The van der Waals surface area contributed by atoms with Crippen LogP contribution in [0, 0.1) is 12.8 Å². The number of amides is 1. The highest BCUT2D eigenvalue weighted by Crippen LogP contribution is 2.38. The van der Waals surface area contributed by atoms with E-state index in [0.717, 1.165) is 12.8 Å². The molecule has 1 amide bonds. The van der Waals surface area contributed by atoms with E-state index in [1.165, 1.54) is 33.4 Å². The first-order chi connectivity index (χ1) is 15.4. The Balaban J connectivity index is 1.33. The molecule has 1 saturated heterocycles. The molecule has 3 aromatic rings. The minimum atomic E-state index is -3.75. The maximum absolute atomic E-state index is 13.4. The zero-order valence-corrected chi connectivity index (χ0v) is 19.9. The molecule has 0 bridgehead atoms. The fourth-order valence-electron chi connectivity index (χ4n) is 3.99. The summed E-state index contributed by atoms with van der Waals surface area (Å²) in [6.45, 7) is 2.32. The zero-order chi connectivity index (χ0) is 22.3. The number of carbonyl (C=O) groups excluding carboxylic acids is 1. The summed E-state index contributed by atoms with van der Waals surface area (Å²) in [5.74, 6) is 0.773. The number of aromatic nitrogens is 3. The summed E-state index contributed by atoms with van der Waals surface area (Å²) in [5.41, 5.74) is 0. The van der Waals surface area contributed by atoms with Crippen molar-refractivity contribution < 1.29 is 17.7 Å². The van der Waals surface area contributed by atoms with Gasteiger partial charge < -0.3 is 9.84 Å². The summed E-state index contributed by atoms with van der Waals surface area (Å²) < 4.78 is 33.7. The second-order valence-corrected chi connectivity index (χ2v) is 12.2. The molecule has 0 spiro atoms. The summed E-state index contributed by atoms with van der Waals surface area (Å²) in [4.78, 5) is 22.8. The Morgan fingerprint density at radius 2 is 2.12 bits per heavy atom. The molecule has 2 aliphatic rings. The number of thiophene rings is 1. The number of aryl methyl sites for hydroxylation is 1. The summed E-state index contributed by atoms with van der Waals surface area (Å²) in [6.07, 6.45) is 6.16. The molecule has 1 atom stereocenters. The van der Waals surface area contributed by atoms with Gasteiger partial charge in [-0.1, -0.05) is 11.6 Å². The van der Waals surface area contributed by atoms with E-state index in [1.54, 1.807) is 24.6 Å². The average molecular weight is 494 g/mol. The molecule has 0 unspecified atom stereocenters. The monoisotopic (exact) mass is 493 g/mol. The normalized spacial score (nSPS) is 20.2. The summed E-state index contributed by atoms with van der Waals surface area (Å²) >= 11 is 2.68. The molecule has 170 valence electrons. The topological polar surface area (TPSA) is 118 Å². The number of carbonyl (C=O) groups is 1. The molecule has 1 saturated carbocycles. The van der Waals surface area contributed by atoms with Crippen LogP contribution in [0.15, 0.2) is 27.1 Å². The van der Waals surface area contributed by atoms with E-state index < -0.39 is 15.9 Å². The number of thiazole rings is 1. The van der Waals surface area contributed by atoms with Crippen molar-refractivity contribution in [2.45, 2.75) is 49.8 Å². The summed E-state index contributed by atoms with van der Waals surface area (Å²) in [5, 5.41) is 9.15. The van der Waals surface area contributed by atoms with Crippen molar-refractivity contribution in [1.82, 2.24) is 19.4 Å². The van der Waals surface area contributed by atoms with Gasteiger partial charge in [0.15, 0.2) is 5.13 Å². The lowest BCUT2D eigenvalue weighted by Crippen LogP contribution is -2.43. The lowest BCUT2D eigenvalue weighted by molar-refractivity contribution is -0.120. The van der Waals surface area contributed by atoms with Gasteiger partial charge in [0.1, 0.15) is 0 Å². The van der Waals surface area contributed by atoms with Crippen molar-refractivity contribution in [2.75, 3.05) is 18.4 Å². The Kier molecular flexibility index (Phi) is 5.86. The minimum absolute atomic E-state index is 0.151.